The van der Waals surface area contributed by atoms with E-state index in [4.69, 9.17) is 15.6 Å². The van der Waals surface area contributed by atoms with E-state index in [0.717, 1.165) is 31.4 Å². The van der Waals surface area contributed by atoms with Crippen LogP contribution in [-0.4, -0.2) is 24.2 Å². The van der Waals surface area contributed by atoms with Gasteiger partial charge in [-0.25, -0.2) is 0 Å². The molecule has 1 unspecified atom stereocenters. The highest BCUT2D eigenvalue weighted by molar-refractivity contribution is 5.67. The lowest BCUT2D eigenvalue weighted by Crippen LogP contribution is -2.17. The summed E-state index contributed by atoms with van der Waals surface area (Å²) in [6, 6.07) is 6.13. The monoisotopic (exact) mass is 263 g/mol. The maximum atomic E-state index is 10.8. The molecule has 0 saturated carbocycles. The summed E-state index contributed by atoms with van der Waals surface area (Å²) < 4.78 is 5.63. The molecule has 0 saturated heterocycles. The Hall–Kier alpha value is -1.55. The molecule has 1 aromatic rings. The predicted octanol–water partition coefficient (Wildman–Crippen LogP) is 1.99. The Morgan fingerprint density at radius 3 is 3.00 bits per heavy atom. The van der Waals surface area contributed by atoms with E-state index >= 15 is 0 Å². The molecule has 104 valence electrons. The van der Waals surface area contributed by atoms with Crippen molar-refractivity contribution in [3.8, 4) is 5.75 Å². The third kappa shape index (κ3) is 3.96. The Morgan fingerprint density at radius 1 is 1.42 bits per heavy atom. The molecule has 1 atom stereocenters. The Kier molecular flexibility index (Phi) is 4.80. The molecule has 4 nitrogen and oxygen atoms in total. The van der Waals surface area contributed by atoms with E-state index in [1.54, 1.807) is 0 Å². The molecule has 0 radical (unpaired) electrons. The summed E-state index contributed by atoms with van der Waals surface area (Å²) in [7, 11) is 0. The van der Waals surface area contributed by atoms with Crippen LogP contribution in [0.5, 0.6) is 5.75 Å². The first-order chi connectivity index (χ1) is 9.19. The zero-order chi connectivity index (χ0) is 13.7. The van der Waals surface area contributed by atoms with Crippen LogP contribution >= 0.6 is 0 Å². The van der Waals surface area contributed by atoms with Crippen molar-refractivity contribution in [2.24, 2.45) is 11.7 Å². The molecule has 1 aromatic carbocycles. The van der Waals surface area contributed by atoms with Crippen molar-refractivity contribution in [1.82, 2.24) is 0 Å². The van der Waals surface area contributed by atoms with Crippen LogP contribution in [0.1, 0.15) is 30.4 Å². The fourth-order valence-electron chi connectivity index (χ4n) is 2.59. The van der Waals surface area contributed by atoms with Gasteiger partial charge in [-0.3, -0.25) is 4.79 Å². The van der Waals surface area contributed by atoms with Crippen LogP contribution in [-0.2, 0) is 17.6 Å². The van der Waals surface area contributed by atoms with E-state index in [9.17, 15) is 4.79 Å². The van der Waals surface area contributed by atoms with Gasteiger partial charge in [0.1, 0.15) is 5.75 Å². The highest BCUT2D eigenvalue weighted by atomic mass is 16.5. The van der Waals surface area contributed by atoms with Crippen molar-refractivity contribution < 1.29 is 14.6 Å². The molecule has 2 rings (SSSR count). The number of rotatable bonds is 6. The number of hydrogen-bond donors (Lipinski definition) is 2. The lowest BCUT2D eigenvalue weighted by Gasteiger charge is -2.23. The average Bonchev–Trinajstić information content (AvgIpc) is 2.38. The molecule has 19 heavy (non-hydrogen) atoms. The van der Waals surface area contributed by atoms with Crippen LogP contribution in [0.25, 0.3) is 0 Å². The summed E-state index contributed by atoms with van der Waals surface area (Å²) >= 11 is 0. The first-order valence-corrected chi connectivity index (χ1v) is 6.85. The largest absolute Gasteiger partial charge is 0.494 e. The number of aryl methyl sites for hydroxylation is 1. The van der Waals surface area contributed by atoms with E-state index in [0.29, 0.717) is 13.2 Å². The van der Waals surface area contributed by atoms with Crippen LogP contribution < -0.4 is 10.5 Å². The number of carbonyl (C=O) groups is 1. The number of aliphatic carboxylic acids is 1. The Labute approximate surface area is 113 Å². The summed E-state index contributed by atoms with van der Waals surface area (Å²) in [5, 5.41) is 8.85. The van der Waals surface area contributed by atoms with Crippen molar-refractivity contribution in [3.63, 3.8) is 0 Å². The number of carboxylic acid groups (broad SMARTS) is 1. The number of carboxylic acids is 1. The van der Waals surface area contributed by atoms with Crippen LogP contribution in [0.15, 0.2) is 18.2 Å². The minimum Gasteiger partial charge on any atom is -0.494 e. The van der Waals surface area contributed by atoms with Gasteiger partial charge in [-0.2, -0.15) is 0 Å². The lowest BCUT2D eigenvalue weighted by molar-refractivity contribution is -0.138. The zero-order valence-electron chi connectivity index (χ0n) is 11.1. The number of benzene rings is 1. The fourth-order valence-corrected chi connectivity index (χ4v) is 2.59. The van der Waals surface area contributed by atoms with Gasteiger partial charge in [-0.05, 0) is 61.4 Å². The summed E-state index contributed by atoms with van der Waals surface area (Å²) in [6.07, 6.45) is 3.89. The Balaban J connectivity index is 1.97. The molecule has 0 bridgehead atoms. The zero-order valence-corrected chi connectivity index (χ0v) is 11.1. The van der Waals surface area contributed by atoms with Gasteiger partial charge in [0.25, 0.3) is 0 Å². The molecule has 3 N–H and O–H groups in total. The molecule has 0 fully saturated rings. The number of ether oxygens (including phenoxy) is 1. The molecule has 0 aromatic heterocycles. The standard InChI is InChI=1S/C15H21NO3/c16-6-1-7-19-14-5-4-12-8-11(9-15(17)18)2-3-13(12)10-14/h4-5,10-11H,1-3,6-9,16H2,(H,17,18). The van der Waals surface area contributed by atoms with E-state index in [-0.39, 0.29) is 12.3 Å². The van der Waals surface area contributed by atoms with Gasteiger partial charge >= 0.3 is 5.97 Å². The fraction of sp³-hybridized carbons (Fsp3) is 0.533. The Morgan fingerprint density at radius 2 is 2.26 bits per heavy atom. The lowest BCUT2D eigenvalue weighted by atomic mass is 9.82. The molecule has 1 aliphatic rings. The maximum Gasteiger partial charge on any atom is 0.303 e. The summed E-state index contributed by atoms with van der Waals surface area (Å²) in [6.45, 7) is 1.29. The first-order valence-electron chi connectivity index (χ1n) is 6.85. The van der Waals surface area contributed by atoms with Crippen molar-refractivity contribution in [1.29, 1.82) is 0 Å². The SMILES string of the molecule is NCCCOc1ccc2c(c1)CCC(CC(=O)O)C2. The van der Waals surface area contributed by atoms with E-state index in [1.807, 2.05) is 6.07 Å². The molecule has 0 aliphatic heterocycles. The molecule has 0 amide bonds. The van der Waals surface area contributed by atoms with Gasteiger partial charge in [0, 0.05) is 6.42 Å². The topological polar surface area (TPSA) is 72.5 Å². The number of hydrogen-bond acceptors (Lipinski definition) is 3. The number of fused-ring (bicyclic) bond motifs is 1. The molecule has 0 spiro atoms. The predicted molar refractivity (Wildman–Crippen MR) is 73.4 cm³/mol. The summed E-state index contributed by atoms with van der Waals surface area (Å²) in [5.74, 6) is 0.466. The smallest absolute Gasteiger partial charge is 0.303 e. The minimum absolute atomic E-state index is 0.272. The minimum atomic E-state index is -0.699. The third-order valence-corrected chi connectivity index (χ3v) is 3.59. The average molecular weight is 263 g/mol. The molecular formula is C15H21NO3. The van der Waals surface area contributed by atoms with Crippen molar-refractivity contribution in [2.45, 2.75) is 32.1 Å². The van der Waals surface area contributed by atoms with Crippen LogP contribution in [0.2, 0.25) is 0 Å². The summed E-state index contributed by atoms with van der Waals surface area (Å²) in [5.41, 5.74) is 8.00. The van der Waals surface area contributed by atoms with E-state index < -0.39 is 5.97 Å². The number of nitrogens with two attached hydrogens (primary N) is 1. The van der Waals surface area contributed by atoms with E-state index in [1.165, 1.54) is 11.1 Å². The van der Waals surface area contributed by atoms with Gasteiger partial charge in [0.05, 0.1) is 6.61 Å². The van der Waals surface area contributed by atoms with Gasteiger partial charge in [0.15, 0.2) is 0 Å². The van der Waals surface area contributed by atoms with Crippen molar-refractivity contribution >= 4 is 5.97 Å². The van der Waals surface area contributed by atoms with Gasteiger partial charge < -0.3 is 15.6 Å². The van der Waals surface area contributed by atoms with Crippen molar-refractivity contribution in [3.05, 3.63) is 29.3 Å². The molecule has 0 heterocycles. The second-order valence-electron chi connectivity index (χ2n) is 5.13. The van der Waals surface area contributed by atoms with Crippen LogP contribution in [0, 0.1) is 5.92 Å². The quantitative estimate of drug-likeness (QED) is 0.770. The highest BCUT2D eigenvalue weighted by Crippen LogP contribution is 2.30. The molecule has 4 heteroatoms. The first kappa shape index (κ1) is 13.9. The maximum absolute atomic E-state index is 10.8. The van der Waals surface area contributed by atoms with Crippen LogP contribution in [0.3, 0.4) is 0 Å². The summed E-state index contributed by atoms with van der Waals surface area (Å²) in [4.78, 5) is 10.8. The highest BCUT2D eigenvalue weighted by Gasteiger charge is 2.21. The van der Waals surface area contributed by atoms with Crippen LogP contribution in [0.4, 0.5) is 0 Å². The normalized spacial score (nSPS) is 17.8. The Bertz CT molecular complexity index is 445. The molecular weight excluding hydrogens is 242 g/mol. The second kappa shape index (κ2) is 6.57. The van der Waals surface area contributed by atoms with E-state index in [2.05, 4.69) is 12.1 Å². The third-order valence-electron chi connectivity index (χ3n) is 3.59. The second-order valence-corrected chi connectivity index (χ2v) is 5.13. The van der Waals surface area contributed by atoms with Gasteiger partial charge in [-0.1, -0.05) is 6.07 Å². The molecule has 1 aliphatic carbocycles. The van der Waals surface area contributed by atoms with Crippen molar-refractivity contribution in [2.75, 3.05) is 13.2 Å². The van der Waals surface area contributed by atoms with Gasteiger partial charge in [0.2, 0.25) is 0 Å². The van der Waals surface area contributed by atoms with Gasteiger partial charge in [-0.15, -0.1) is 0 Å².